The number of carboxylic acids is 1. The Morgan fingerprint density at radius 2 is 2.14 bits per heavy atom. The second-order valence-corrected chi connectivity index (χ2v) is 7.69. The van der Waals surface area contributed by atoms with Gasteiger partial charge in [0, 0.05) is 54.3 Å². The molecule has 29 heavy (non-hydrogen) atoms. The third kappa shape index (κ3) is 2.87. The van der Waals surface area contributed by atoms with E-state index in [1.807, 2.05) is 19.2 Å². The first kappa shape index (κ1) is 17.8. The van der Waals surface area contributed by atoms with E-state index in [0.717, 1.165) is 23.1 Å². The van der Waals surface area contributed by atoms with Crippen molar-refractivity contribution < 1.29 is 19.7 Å². The van der Waals surface area contributed by atoms with Crippen molar-refractivity contribution in [1.29, 1.82) is 0 Å². The highest BCUT2D eigenvalue weighted by Crippen LogP contribution is 2.40. The summed E-state index contributed by atoms with van der Waals surface area (Å²) in [6.07, 6.45) is 2.73. The van der Waals surface area contributed by atoms with Crippen LogP contribution in [0.3, 0.4) is 0 Å². The fourth-order valence-corrected chi connectivity index (χ4v) is 4.01. The number of benzene rings is 1. The minimum absolute atomic E-state index is 0.269. The fraction of sp³-hybridized carbons (Fsp3) is 0.333. The fourth-order valence-electron chi connectivity index (χ4n) is 4.01. The van der Waals surface area contributed by atoms with Gasteiger partial charge in [-0.3, -0.25) is 4.79 Å². The number of fused-ring (bicyclic) bond motifs is 4. The van der Waals surface area contributed by atoms with Gasteiger partial charge in [0.1, 0.15) is 11.5 Å². The molecule has 3 heterocycles. The van der Waals surface area contributed by atoms with Crippen molar-refractivity contribution in [1.82, 2.24) is 14.9 Å². The maximum Gasteiger partial charge on any atom is 0.345 e. The molecule has 8 heteroatoms. The Morgan fingerprint density at radius 3 is 2.86 bits per heavy atom. The highest BCUT2D eigenvalue weighted by molar-refractivity contribution is 5.94. The van der Waals surface area contributed by atoms with Crippen molar-refractivity contribution >= 4 is 16.9 Å². The zero-order valence-corrected chi connectivity index (χ0v) is 15.9. The monoisotopic (exact) mass is 395 g/mol. The number of aromatic amines is 1. The molecule has 8 nitrogen and oxygen atoms in total. The lowest BCUT2D eigenvalue weighted by Gasteiger charge is -2.12. The van der Waals surface area contributed by atoms with E-state index in [0.29, 0.717) is 35.0 Å². The van der Waals surface area contributed by atoms with E-state index < -0.39 is 22.8 Å². The lowest BCUT2D eigenvalue weighted by Crippen LogP contribution is -2.20. The summed E-state index contributed by atoms with van der Waals surface area (Å²) in [5.41, 5.74) is 2.12. The Bertz CT molecular complexity index is 1220. The number of nitrogens with one attached hydrogen (secondary N) is 2. The molecule has 0 bridgehead atoms. The Hall–Kier alpha value is -3.26. The number of aromatic hydroxyl groups is 1. The summed E-state index contributed by atoms with van der Waals surface area (Å²) >= 11 is 0. The predicted octanol–water partition coefficient (Wildman–Crippen LogP) is 2.12. The molecule has 1 aliphatic carbocycles. The maximum absolute atomic E-state index is 12.3. The standard InChI is InChI=1S/C21H21N3O5/c1-24-12(9-22-11-2-3-11)6-10-7-14-16(8-15(10)24)29-5-4-13-18(14)23-20(26)17(19(13)25)21(27)28/h6-8,11,22H,2-5,9H2,1H3,(H,27,28)(H2,23,25,26). The first-order valence-corrected chi connectivity index (χ1v) is 9.64. The smallest absolute Gasteiger partial charge is 0.345 e. The molecule has 2 aliphatic rings. The van der Waals surface area contributed by atoms with Gasteiger partial charge in [0.25, 0.3) is 5.56 Å². The number of aryl methyl sites for hydroxylation is 1. The molecule has 0 unspecified atom stereocenters. The second kappa shape index (κ2) is 6.38. The molecule has 1 aliphatic heterocycles. The van der Waals surface area contributed by atoms with Crippen LogP contribution < -0.4 is 15.6 Å². The number of carboxylic acid groups (broad SMARTS) is 1. The topological polar surface area (TPSA) is 117 Å². The van der Waals surface area contributed by atoms with E-state index in [1.54, 1.807) is 0 Å². The maximum atomic E-state index is 12.3. The molecule has 1 saturated carbocycles. The number of ether oxygens (including phenoxy) is 1. The lowest BCUT2D eigenvalue weighted by atomic mass is 9.99. The third-order valence-corrected chi connectivity index (χ3v) is 5.78. The molecule has 0 radical (unpaired) electrons. The van der Waals surface area contributed by atoms with Gasteiger partial charge in [0.15, 0.2) is 5.56 Å². The average molecular weight is 395 g/mol. The number of H-pyrrole nitrogens is 1. The van der Waals surface area contributed by atoms with Crippen LogP contribution in [0.2, 0.25) is 0 Å². The summed E-state index contributed by atoms with van der Waals surface area (Å²) in [6, 6.07) is 6.56. The highest BCUT2D eigenvalue weighted by Gasteiger charge is 2.27. The van der Waals surface area contributed by atoms with Gasteiger partial charge < -0.3 is 29.8 Å². The molecule has 0 saturated heterocycles. The number of nitrogens with zero attached hydrogens (tertiary/aromatic N) is 1. The van der Waals surface area contributed by atoms with Gasteiger partial charge in [0.2, 0.25) is 0 Å². The van der Waals surface area contributed by atoms with E-state index in [-0.39, 0.29) is 6.61 Å². The Labute approximate surface area is 165 Å². The molecule has 2 aromatic heterocycles. The van der Waals surface area contributed by atoms with Crippen LogP contribution in [0.25, 0.3) is 22.2 Å². The number of hydrogen-bond acceptors (Lipinski definition) is 5. The van der Waals surface area contributed by atoms with Crippen LogP contribution in [0, 0.1) is 0 Å². The normalized spacial score (nSPS) is 15.5. The van der Waals surface area contributed by atoms with Crippen LogP contribution in [0.5, 0.6) is 11.5 Å². The summed E-state index contributed by atoms with van der Waals surface area (Å²) in [6.45, 7) is 1.04. The number of carbonyl (C=O) groups is 1. The van der Waals surface area contributed by atoms with Crippen LogP contribution in [0.1, 0.15) is 34.5 Å². The number of hydrogen-bond donors (Lipinski definition) is 4. The van der Waals surface area contributed by atoms with E-state index in [9.17, 15) is 19.8 Å². The molecule has 0 spiro atoms. The predicted molar refractivity (Wildman–Crippen MR) is 107 cm³/mol. The zero-order valence-electron chi connectivity index (χ0n) is 15.9. The van der Waals surface area contributed by atoms with Crippen molar-refractivity contribution in [2.24, 2.45) is 7.05 Å². The van der Waals surface area contributed by atoms with E-state index in [4.69, 9.17) is 4.74 Å². The first-order chi connectivity index (χ1) is 13.9. The number of pyridine rings is 1. The van der Waals surface area contributed by atoms with Crippen molar-refractivity contribution in [3.63, 3.8) is 0 Å². The molecular formula is C21H21N3O5. The molecular weight excluding hydrogens is 374 g/mol. The molecule has 0 amide bonds. The number of rotatable bonds is 4. The summed E-state index contributed by atoms with van der Waals surface area (Å²) < 4.78 is 8.02. The molecule has 5 rings (SSSR count). The largest absolute Gasteiger partial charge is 0.506 e. The first-order valence-electron chi connectivity index (χ1n) is 9.64. The van der Waals surface area contributed by atoms with E-state index in [2.05, 4.69) is 20.9 Å². The molecule has 1 fully saturated rings. The summed E-state index contributed by atoms with van der Waals surface area (Å²) in [7, 11) is 2.01. The van der Waals surface area contributed by atoms with Gasteiger partial charge in [-0.25, -0.2) is 4.79 Å². The van der Waals surface area contributed by atoms with E-state index >= 15 is 0 Å². The van der Waals surface area contributed by atoms with Crippen molar-refractivity contribution in [3.05, 3.63) is 45.4 Å². The number of aromatic carboxylic acids is 1. The molecule has 3 aromatic rings. The SMILES string of the molecule is Cn1c(CNC2CC2)cc2cc3c(cc21)OCCc1c-3[nH]c(=O)c(C(=O)O)c1O. The minimum atomic E-state index is -1.46. The molecule has 0 atom stereocenters. The molecule has 150 valence electrons. The van der Waals surface area contributed by atoms with Crippen LogP contribution >= 0.6 is 0 Å². The third-order valence-electron chi connectivity index (χ3n) is 5.78. The van der Waals surface area contributed by atoms with Gasteiger partial charge in [-0.15, -0.1) is 0 Å². The zero-order chi connectivity index (χ0) is 20.3. The van der Waals surface area contributed by atoms with Crippen LogP contribution in [-0.2, 0) is 20.0 Å². The van der Waals surface area contributed by atoms with Crippen molar-refractivity contribution in [2.75, 3.05) is 6.61 Å². The van der Waals surface area contributed by atoms with Crippen molar-refractivity contribution in [3.8, 4) is 22.8 Å². The Kier molecular flexibility index (Phi) is 3.92. The highest BCUT2D eigenvalue weighted by atomic mass is 16.5. The van der Waals surface area contributed by atoms with Gasteiger partial charge in [-0.1, -0.05) is 0 Å². The van der Waals surface area contributed by atoms with Crippen LogP contribution in [-0.4, -0.2) is 38.4 Å². The van der Waals surface area contributed by atoms with Gasteiger partial charge in [-0.2, -0.15) is 0 Å². The van der Waals surface area contributed by atoms with Crippen LogP contribution in [0.4, 0.5) is 0 Å². The average Bonchev–Trinajstić information content (AvgIpc) is 3.47. The lowest BCUT2D eigenvalue weighted by molar-refractivity contribution is 0.0691. The number of aromatic nitrogens is 2. The second-order valence-electron chi connectivity index (χ2n) is 7.69. The Balaban J connectivity index is 1.67. The molecule has 1 aromatic carbocycles. The van der Waals surface area contributed by atoms with E-state index in [1.165, 1.54) is 12.8 Å². The Morgan fingerprint density at radius 1 is 1.34 bits per heavy atom. The van der Waals surface area contributed by atoms with Gasteiger partial charge in [0.05, 0.1) is 17.8 Å². The van der Waals surface area contributed by atoms with Gasteiger partial charge in [-0.05, 0) is 25.0 Å². The minimum Gasteiger partial charge on any atom is -0.506 e. The summed E-state index contributed by atoms with van der Waals surface area (Å²) in [5, 5.41) is 24.2. The van der Waals surface area contributed by atoms with Crippen LogP contribution in [0.15, 0.2) is 23.0 Å². The van der Waals surface area contributed by atoms with Crippen molar-refractivity contribution in [2.45, 2.75) is 31.8 Å². The summed E-state index contributed by atoms with van der Waals surface area (Å²) in [5.74, 6) is -1.35. The summed E-state index contributed by atoms with van der Waals surface area (Å²) in [4.78, 5) is 26.3. The molecule has 4 N–H and O–H groups in total. The quantitative estimate of drug-likeness (QED) is 0.538. The van der Waals surface area contributed by atoms with Gasteiger partial charge >= 0.3 is 5.97 Å².